The van der Waals surface area contributed by atoms with Gasteiger partial charge in [0.25, 0.3) is 0 Å². The van der Waals surface area contributed by atoms with Gasteiger partial charge >= 0.3 is 5.97 Å². The topological polar surface area (TPSA) is 102 Å². The van der Waals surface area contributed by atoms with E-state index in [4.69, 9.17) is 0 Å². The molecule has 112 valence electrons. The molecular formula is C13H20N2O5. The SMILES string of the molecule is COC(=O)CC(C)=O.O=C=NCCCCCCN=C=O. The fourth-order valence-electron chi connectivity index (χ4n) is 1.10. The van der Waals surface area contributed by atoms with E-state index in [1.807, 2.05) is 0 Å². The maximum Gasteiger partial charge on any atom is 0.313 e. The lowest BCUT2D eigenvalue weighted by Crippen LogP contribution is -2.05. The lowest BCUT2D eigenvalue weighted by Gasteiger charge is -1.93. The number of methoxy groups -OCH3 is 1. The van der Waals surface area contributed by atoms with Gasteiger partial charge in [-0.1, -0.05) is 12.8 Å². The quantitative estimate of drug-likeness (QED) is 0.209. The van der Waals surface area contributed by atoms with Crippen LogP contribution in [0.4, 0.5) is 0 Å². The van der Waals surface area contributed by atoms with E-state index in [1.54, 1.807) is 0 Å². The van der Waals surface area contributed by atoms with Gasteiger partial charge in [-0.25, -0.2) is 19.6 Å². The van der Waals surface area contributed by atoms with Crippen molar-refractivity contribution in [2.45, 2.75) is 39.0 Å². The van der Waals surface area contributed by atoms with E-state index >= 15 is 0 Å². The largest absolute Gasteiger partial charge is 0.469 e. The molecule has 0 saturated carbocycles. The standard InChI is InChI=1S/C8H12N2O2.C5H8O3/c11-7-9-5-3-1-2-4-6-10-8-12;1-4(6)3-5(7)8-2/h1-6H2;3H2,1-2H3. The fourth-order valence-corrected chi connectivity index (χ4v) is 1.10. The molecule has 7 heteroatoms. The summed E-state index contributed by atoms with van der Waals surface area (Å²) < 4.78 is 4.20. The van der Waals surface area contributed by atoms with E-state index in [2.05, 4.69) is 14.7 Å². The first-order valence-electron chi connectivity index (χ1n) is 6.22. The first kappa shape index (κ1) is 20.2. The van der Waals surface area contributed by atoms with E-state index in [9.17, 15) is 19.2 Å². The van der Waals surface area contributed by atoms with Gasteiger partial charge in [0.1, 0.15) is 12.2 Å². The number of rotatable bonds is 9. The maximum absolute atomic E-state index is 10.2. The summed E-state index contributed by atoms with van der Waals surface area (Å²) in [5.41, 5.74) is 0. The average molecular weight is 284 g/mol. The van der Waals surface area contributed by atoms with Crippen molar-refractivity contribution in [2.75, 3.05) is 20.2 Å². The molecule has 0 bridgehead atoms. The van der Waals surface area contributed by atoms with Crippen molar-refractivity contribution in [3.63, 3.8) is 0 Å². The monoisotopic (exact) mass is 284 g/mol. The first-order chi connectivity index (χ1) is 9.58. The number of esters is 1. The first-order valence-corrected chi connectivity index (χ1v) is 6.22. The summed E-state index contributed by atoms with van der Waals surface area (Å²) in [7, 11) is 1.26. The van der Waals surface area contributed by atoms with E-state index < -0.39 is 5.97 Å². The van der Waals surface area contributed by atoms with E-state index in [0.717, 1.165) is 25.7 Å². The highest BCUT2D eigenvalue weighted by atomic mass is 16.5. The summed E-state index contributed by atoms with van der Waals surface area (Å²) in [4.78, 5) is 46.4. The minimum absolute atomic E-state index is 0.115. The number of ether oxygens (including phenoxy) is 1. The van der Waals surface area contributed by atoms with Gasteiger partial charge in [-0.3, -0.25) is 9.59 Å². The number of carbonyl (C=O) groups excluding carboxylic acids is 4. The molecule has 7 nitrogen and oxygen atoms in total. The van der Waals surface area contributed by atoms with Crippen LogP contribution in [0, 0.1) is 0 Å². The molecule has 0 fully saturated rings. The van der Waals surface area contributed by atoms with Gasteiger partial charge in [0.05, 0.1) is 20.2 Å². The molecular weight excluding hydrogens is 264 g/mol. The van der Waals surface area contributed by atoms with Crippen molar-refractivity contribution in [3.8, 4) is 0 Å². The number of isocyanates is 2. The van der Waals surface area contributed by atoms with Gasteiger partial charge < -0.3 is 4.74 Å². The smallest absolute Gasteiger partial charge is 0.313 e. The van der Waals surface area contributed by atoms with Gasteiger partial charge in [-0.05, 0) is 19.8 Å². The predicted octanol–water partition coefficient (Wildman–Crippen LogP) is 1.36. The molecule has 0 aliphatic heterocycles. The summed E-state index contributed by atoms with van der Waals surface area (Å²) >= 11 is 0. The summed E-state index contributed by atoms with van der Waals surface area (Å²) in [6.45, 7) is 2.46. The van der Waals surface area contributed by atoms with Crippen LogP contribution in [0.3, 0.4) is 0 Å². The summed E-state index contributed by atoms with van der Waals surface area (Å²) in [6.07, 6.45) is 6.69. The summed E-state index contributed by atoms with van der Waals surface area (Å²) in [6, 6.07) is 0. The van der Waals surface area contributed by atoms with Crippen molar-refractivity contribution < 1.29 is 23.9 Å². The number of aliphatic imine (C=N–C) groups is 2. The minimum Gasteiger partial charge on any atom is -0.469 e. The number of hydrogen-bond acceptors (Lipinski definition) is 7. The molecule has 0 aromatic heterocycles. The zero-order valence-corrected chi connectivity index (χ0v) is 11.9. The Kier molecular flexibility index (Phi) is 17.1. The molecule has 0 aromatic carbocycles. The zero-order valence-electron chi connectivity index (χ0n) is 11.9. The Hall–Kier alpha value is -2.10. The third-order valence-electron chi connectivity index (χ3n) is 2.04. The zero-order chi connectivity index (χ0) is 15.6. The Bertz CT molecular complexity index is 347. The van der Waals surface area contributed by atoms with Gasteiger partial charge in [0, 0.05) is 0 Å². The molecule has 20 heavy (non-hydrogen) atoms. The normalized spacial score (nSPS) is 8.30. The van der Waals surface area contributed by atoms with Crippen LogP contribution in [0.25, 0.3) is 0 Å². The van der Waals surface area contributed by atoms with Crippen LogP contribution in [0.5, 0.6) is 0 Å². The number of Topliss-reactive ketones (excluding diaryl/α,β-unsaturated/α-hetero) is 1. The fraction of sp³-hybridized carbons (Fsp3) is 0.692. The van der Waals surface area contributed by atoms with Gasteiger partial charge in [0.15, 0.2) is 0 Å². The molecule has 0 spiro atoms. The molecule has 0 aromatic rings. The molecule has 0 saturated heterocycles. The molecule has 0 aliphatic carbocycles. The van der Waals surface area contributed by atoms with Crippen LogP contribution < -0.4 is 0 Å². The van der Waals surface area contributed by atoms with E-state index in [-0.39, 0.29) is 12.2 Å². The second-order valence-electron chi connectivity index (χ2n) is 3.82. The highest BCUT2D eigenvalue weighted by Crippen LogP contribution is 1.99. The molecule has 0 amide bonds. The van der Waals surface area contributed by atoms with Crippen LogP contribution in [0.1, 0.15) is 39.0 Å². The number of unbranched alkanes of at least 4 members (excludes halogenated alkanes) is 3. The Morgan fingerprint density at radius 1 is 0.950 bits per heavy atom. The third kappa shape index (κ3) is 21.2. The van der Waals surface area contributed by atoms with Crippen LogP contribution in [0.15, 0.2) is 9.98 Å². The van der Waals surface area contributed by atoms with Crippen molar-refractivity contribution in [2.24, 2.45) is 9.98 Å². The lowest BCUT2D eigenvalue weighted by molar-refractivity contribution is -0.142. The highest BCUT2D eigenvalue weighted by molar-refractivity contribution is 5.93. The Morgan fingerprint density at radius 3 is 1.65 bits per heavy atom. The third-order valence-corrected chi connectivity index (χ3v) is 2.04. The van der Waals surface area contributed by atoms with E-state index in [1.165, 1.54) is 26.2 Å². The van der Waals surface area contributed by atoms with Crippen LogP contribution >= 0.6 is 0 Å². The molecule has 0 aliphatic rings. The van der Waals surface area contributed by atoms with E-state index in [0.29, 0.717) is 13.1 Å². The molecule has 0 unspecified atom stereocenters. The number of hydrogen-bond donors (Lipinski definition) is 0. The minimum atomic E-state index is -0.475. The molecule has 0 atom stereocenters. The van der Waals surface area contributed by atoms with Crippen LogP contribution in [0.2, 0.25) is 0 Å². The van der Waals surface area contributed by atoms with Gasteiger partial charge in [-0.15, -0.1) is 0 Å². The lowest BCUT2D eigenvalue weighted by atomic mass is 10.2. The molecule has 0 heterocycles. The second kappa shape index (κ2) is 16.9. The van der Waals surface area contributed by atoms with Crippen molar-refractivity contribution >= 4 is 23.9 Å². The summed E-state index contributed by atoms with van der Waals surface area (Å²) in [5.74, 6) is -0.644. The van der Waals surface area contributed by atoms with Crippen LogP contribution in [-0.4, -0.2) is 44.1 Å². The predicted molar refractivity (Wildman–Crippen MR) is 71.8 cm³/mol. The number of carbonyl (C=O) groups is 2. The molecule has 0 N–H and O–H groups in total. The summed E-state index contributed by atoms with van der Waals surface area (Å²) in [5, 5.41) is 0. The Labute approximate surface area is 118 Å². The van der Waals surface area contributed by atoms with Crippen LogP contribution in [-0.2, 0) is 23.9 Å². The van der Waals surface area contributed by atoms with Gasteiger partial charge in [0.2, 0.25) is 12.2 Å². The van der Waals surface area contributed by atoms with Gasteiger partial charge in [-0.2, -0.15) is 0 Å². The molecule has 0 radical (unpaired) electrons. The maximum atomic E-state index is 10.2. The second-order valence-corrected chi connectivity index (χ2v) is 3.82. The van der Waals surface area contributed by atoms with Crippen molar-refractivity contribution in [1.82, 2.24) is 0 Å². The Balaban J connectivity index is 0. The number of ketones is 1. The average Bonchev–Trinajstić information content (AvgIpc) is 2.42. The van der Waals surface area contributed by atoms with Crippen molar-refractivity contribution in [1.29, 1.82) is 0 Å². The Morgan fingerprint density at radius 2 is 1.40 bits per heavy atom. The molecule has 0 rings (SSSR count). The van der Waals surface area contributed by atoms with Crippen molar-refractivity contribution in [3.05, 3.63) is 0 Å². The highest BCUT2D eigenvalue weighted by Gasteiger charge is 2.01. The number of nitrogens with zero attached hydrogens (tertiary/aromatic N) is 2.